The van der Waals surface area contributed by atoms with Crippen LogP contribution in [0.4, 0.5) is 5.69 Å². The zero-order chi connectivity index (χ0) is 11.0. The molecule has 1 saturated heterocycles. The molecule has 0 aliphatic carbocycles. The highest BCUT2D eigenvalue weighted by Crippen LogP contribution is 2.28. The van der Waals surface area contributed by atoms with E-state index in [0.29, 0.717) is 0 Å². The molecule has 1 aliphatic heterocycles. The van der Waals surface area contributed by atoms with Crippen molar-refractivity contribution >= 4 is 28.9 Å². The number of nitrogens with zero attached hydrogens (tertiary/aromatic N) is 1. The van der Waals surface area contributed by atoms with Gasteiger partial charge in [0.15, 0.2) is 0 Å². The molecule has 82 valence electrons. The van der Waals surface area contributed by atoms with E-state index in [4.69, 9.17) is 23.2 Å². The molecule has 1 N–H and O–H groups in total. The summed E-state index contributed by atoms with van der Waals surface area (Å²) in [6.07, 6.45) is 0.746. The molecule has 2 unspecified atom stereocenters. The van der Waals surface area contributed by atoms with Gasteiger partial charge in [-0.3, -0.25) is 5.01 Å². The third-order valence-electron chi connectivity index (χ3n) is 2.73. The van der Waals surface area contributed by atoms with Crippen molar-refractivity contribution < 1.29 is 0 Å². The standard InChI is InChI=1S/C11H14Cl2N2/c1-7-3-4-9(5-8(7)2)15-11(13)6-10(12)14-15/h3-5,10-11,14H,6H2,1-2H3. The highest BCUT2D eigenvalue weighted by molar-refractivity contribution is 6.25. The highest BCUT2D eigenvalue weighted by Gasteiger charge is 2.28. The van der Waals surface area contributed by atoms with Gasteiger partial charge in [-0.25, -0.2) is 5.43 Å². The molecular weight excluding hydrogens is 231 g/mol. The predicted octanol–water partition coefficient (Wildman–Crippen LogP) is 3.15. The Balaban J connectivity index is 2.26. The predicted molar refractivity (Wildman–Crippen MR) is 65.4 cm³/mol. The molecule has 15 heavy (non-hydrogen) atoms. The van der Waals surface area contributed by atoms with Crippen molar-refractivity contribution in [3.8, 4) is 0 Å². The first-order valence-electron chi connectivity index (χ1n) is 4.99. The van der Waals surface area contributed by atoms with Gasteiger partial charge in [-0.15, -0.1) is 11.6 Å². The number of nitrogens with one attached hydrogen (secondary N) is 1. The van der Waals surface area contributed by atoms with Crippen LogP contribution in [0.15, 0.2) is 18.2 Å². The lowest BCUT2D eigenvalue weighted by Crippen LogP contribution is -2.36. The second-order valence-corrected chi connectivity index (χ2v) is 4.94. The van der Waals surface area contributed by atoms with Crippen molar-refractivity contribution in [1.82, 2.24) is 5.43 Å². The van der Waals surface area contributed by atoms with Crippen molar-refractivity contribution in [2.24, 2.45) is 0 Å². The molecule has 2 rings (SSSR count). The lowest BCUT2D eigenvalue weighted by atomic mass is 10.1. The lowest BCUT2D eigenvalue weighted by Gasteiger charge is -2.22. The summed E-state index contributed by atoms with van der Waals surface area (Å²) in [5, 5.41) is 1.92. The molecule has 2 nitrogen and oxygen atoms in total. The number of aryl methyl sites for hydroxylation is 2. The van der Waals surface area contributed by atoms with E-state index in [2.05, 4.69) is 37.5 Å². The van der Waals surface area contributed by atoms with Gasteiger partial charge >= 0.3 is 0 Å². The average Bonchev–Trinajstić information content (AvgIpc) is 2.50. The van der Waals surface area contributed by atoms with Gasteiger partial charge in [0.05, 0.1) is 5.69 Å². The fourth-order valence-corrected chi connectivity index (χ4v) is 2.38. The molecular formula is C11H14Cl2N2. The van der Waals surface area contributed by atoms with Gasteiger partial charge in [0.1, 0.15) is 11.0 Å². The van der Waals surface area contributed by atoms with Crippen molar-refractivity contribution in [2.45, 2.75) is 31.3 Å². The van der Waals surface area contributed by atoms with E-state index in [9.17, 15) is 0 Å². The van der Waals surface area contributed by atoms with Crippen LogP contribution >= 0.6 is 23.2 Å². The minimum absolute atomic E-state index is 0.0744. The Morgan fingerprint density at radius 1 is 1.27 bits per heavy atom. The number of hydrogen-bond donors (Lipinski definition) is 1. The molecule has 2 atom stereocenters. The summed E-state index contributed by atoms with van der Waals surface area (Å²) in [5.41, 5.74) is 6.60. The van der Waals surface area contributed by atoms with Crippen molar-refractivity contribution in [2.75, 3.05) is 5.01 Å². The molecule has 0 saturated carbocycles. The number of halogens is 2. The first kappa shape index (κ1) is 11.1. The summed E-state index contributed by atoms with van der Waals surface area (Å²) in [4.78, 5) is 0. The minimum atomic E-state index is -0.0749. The van der Waals surface area contributed by atoms with Gasteiger partial charge in [-0.05, 0) is 37.1 Å². The van der Waals surface area contributed by atoms with E-state index >= 15 is 0 Å². The van der Waals surface area contributed by atoms with E-state index in [1.807, 2.05) is 5.01 Å². The molecule has 0 radical (unpaired) electrons. The topological polar surface area (TPSA) is 15.3 Å². The Morgan fingerprint density at radius 3 is 2.53 bits per heavy atom. The lowest BCUT2D eigenvalue weighted by molar-refractivity contribution is 0.739. The van der Waals surface area contributed by atoms with E-state index in [1.165, 1.54) is 11.1 Å². The van der Waals surface area contributed by atoms with Crippen LogP contribution in [0.5, 0.6) is 0 Å². The van der Waals surface area contributed by atoms with Crippen LogP contribution in [0.3, 0.4) is 0 Å². The zero-order valence-electron chi connectivity index (χ0n) is 8.80. The Labute approximate surface area is 100 Å². The maximum absolute atomic E-state index is 6.18. The van der Waals surface area contributed by atoms with Crippen molar-refractivity contribution in [3.63, 3.8) is 0 Å². The molecule has 0 aromatic heterocycles. The SMILES string of the molecule is Cc1ccc(N2NC(Cl)CC2Cl)cc1C. The Morgan fingerprint density at radius 2 is 2.00 bits per heavy atom. The molecule has 0 spiro atoms. The summed E-state index contributed by atoms with van der Waals surface area (Å²) >= 11 is 12.2. The van der Waals surface area contributed by atoms with Crippen LogP contribution in [0, 0.1) is 13.8 Å². The average molecular weight is 245 g/mol. The van der Waals surface area contributed by atoms with Crippen molar-refractivity contribution in [3.05, 3.63) is 29.3 Å². The normalized spacial score (nSPS) is 26.0. The second kappa shape index (κ2) is 4.20. The van der Waals surface area contributed by atoms with Gasteiger partial charge < -0.3 is 0 Å². The summed E-state index contributed by atoms with van der Waals surface area (Å²) in [6.45, 7) is 4.19. The number of benzene rings is 1. The molecule has 0 amide bonds. The summed E-state index contributed by atoms with van der Waals surface area (Å²) < 4.78 is 0. The zero-order valence-corrected chi connectivity index (χ0v) is 10.3. The summed E-state index contributed by atoms with van der Waals surface area (Å²) in [6, 6.07) is 6.27. The van der Waals surface area contributed by atoms with Gasteiger partial charge in [-0.2, -0.15) is 0 Å². The molecule has 0 bridgehead atoms. The van der Waals surface area contributed by atoms with Crippen LogP contribution in [-0.4, -0.2) is 11.0 Å². The van der Waals surface area contributed by atoms with Crippen LogP contribution in [0.25, 0.3) is 0 Å². The maximum Gasteiger partial charge on any atom is 0.122 e. The fourth-order valence-electron chi connectivity index (χ4n) is 1.67. The number of anilines is 1. The van der Waals surface area contributed by atoms with E-state index < -0.39 is 0 Å². The first-order valence-corrected chi connectivity index (χ1v) is 5.86. The quantitative estimate of drug-likeness (QED) is 0.604. The molecule has 1 aromatic rings. The third kappa shape index (κ3) is 2.22. The largest absolute Gasteiger partial charge is 0.289 e. The molecule has 4 heteroatoms. The summed E-state index contributed by atoms with van der Waals surface area (Å²) in [7, 11) is 0. The van der Waals surface area contributed by atoms with Crippen LogP contribution in [-0.2, 0) is 0 Å². The van der Waals surface area contributed by atoms with Gasteiger partial charge in [0, 0.05) is 6.42 Å². The molecule has 1 aromatic carbocycles. The van der Waals surface area contributed by atoms with Crippen LogP contribution < -0.4 is 10.4 Å². The minimum Gasteiger partial charge on any atom is -0.289 e. The smallest absolute Gasteiger partial charge is 0.122 e. The Hall–Kier alpha value is -0.440. The van der Waals surface area contributed by atoms with Gasteiger partial charge in [-0.1, -0.05) is 17.7 Å². The highest BCUT2D eigenvalue weighted by atomic mass is 35.5. The van der Waals surface area contributed by atoms with E-state index in [0.717, 1.165) is 12.1 Å². The molecule has 1 aliphatic rings. The number of hydrazine groups is 1. The monoisotopic (exact) mass is 244 g/mol. The fraction of sp³-hybridized carbons (Fsp3) is 0.455. The first-order chi connectivity index (χ1) is 7.08. The van der Waals surface area contributed by atoms with E-state index in [-0.39, 0.29) is 11.0 Å². The molecule has 1 fully saturated rings. The van der Waals surface area contributed by atoms with Crippen molar-refractivity contribution in [1.29, 1.82) is 0 Å². The van der Waals surface area contributed by atoms with Gasteiger partial charge in [0.2, 0.25) is 0 Å². The summed E-state index contributed by atoms with van der Waals surface area (Å²) in [5.74, 6) is 0. The van der Waals surface area contributed by atoms with Crippen LogP contribution in [0.2, 0.25) is 0 Å². The Kier molecular flexibility index (Phi) is 3.10. The van der Waals surface area contributed by atoms with Gasteiger partial charge in [0.25, 0.3) is 0 Å². The second-order valence-electron chi connectivity index (χ2n) is 3.91. The maximum atomic E-state index is 6.18. The van der Waals surface area contributed by atoms with E-state index in [1.54, 1.807) is 0 Å². The van der Waals surface area contributed by atoms with Crippen LogP contribution in [0.1, 0.15) is 17.5 Å². The Bertz CT molecular complexity index is 368. The third-order valence-corrected chi connectivity index (χ3v) is 3.38. The number of alkyl halides is 2. The number of hydrogen-bond acceptors (Lipinski definition) is 2. The molecule has 1 heterocycles. The number of rotatable bonds is 1.